The second-order valence-corrected chi connectivity index (χ2v) is 5.70. The minimum absolute atomic E-state index is 0.259. The molecule has 0 aromatic carbocycles. The lowest BCUT2D eigenvalue weighted by Crippen LogP contribution is -2.33. The van der Waals surface area contributed by atoms with Crippen molar-refractivity contribution in [2.45, 2.75) is 33.1 Å². The average Bonchev–Trinajstić information content (AvgIpc) is 2.43. The van der Waals surface area contributed by atoms with Crippen LogP contribution in [0.15, 0.2) is 6.07 Å². The number of nitrogens with zero attached hydrogens (tertiary/aromatic N) is 2. The highest BCUT2D eigenvalue weighted by Gasteiger charge is 2.27. The summed E-state index contributed by atoms with van der Waals surface area (Å²) in [5, 5.41) is 6.62. The Morgan fingerprint density at radius 2 is 1.90 bits per heavy atom. The van der Waals surface area contributed by atoms with Gasteiger partial charge >= 0.3 is 0 Å². The third-order valence-corrected chi connectivity index (χ3v) is 3.70. The molecule has 0 aliphatic carbocycles. The van der Waals surface area contributed by atoms with Crippen LogP contribution in [0, 0.1) is 5.41 Å². The first kappa shape index (κ1) is 14.8. The van der Waals surface area contributed by atoms with Crippen molar-refractivity contribution >= 4 is 17.6 Å². The summed E-state index contributed by atoms with van der Waals surface area (Å²) in [5.41, 5.74) is 6.01. The van der Waals surface area contributed by atoms with Gasteiger partial charge in [0.25, 0.3) is 0 Å². The fraction of sp³-hybridized carbons (Fsp3) is 0.714. The molecule has 6 nitrogen and oxygen atoms in total. The summed E-state index contributed by atoms with van der Waals surface area (Å²) in [6, 6.07) is 1.91. The number of nitrogens with one attached hydrogen (secondary N) is 2. The molecule has 0 bridgehead atoms. The zero-order chi connectivity index (χ0) is 14.4. The number of nitrogen functional groups attached to an aromatic ring is 1. The Hall–Kier alpha value is -1.56. The van der Waals surface area contributed by atoms with Crippen LogP contribution < -0.4 is 16.4 Å². The molecule has 0 spiro atoms. The van der Waals surface area contributed by atoms with Crippen molar-refractivity contribution in [2.24, 2.45) is 5.41 Å². The Kier molecular flexibility index (Phi) is 5.00. The predicted octanol–water partition coefficient (Wildman–Crippen LogP) is 2.11. The fourth-order valence-corrected chi connectivity index (χ4v) is 2.24. The van der Waals surface area contributed by atoms with Crippen LogP contribution in [0.2, 0.25) is 0 Å². The minimum atomic E-state index is 0.259. The van der Waals surface area contributed by atoms with Gasteiger partial charge in [0, 0.05) is 32.4 Å². The van der Waals surface area contributed by atoms with Gasteiger partial charge < -0.3 is 21.1 Å². The molecule has 112 valence electrons. The Bertz CT molecular complexity index is 432. The molecular formula is C14H25N5O. The molecule has 0 radical (unpaired) electrons. The highest BCUT2D eigenvalue weighted by molar-refractivity contribution is 5.51. The normalized spacial score (nSPS) is 17.7. The van der Waals surface area contributed by atoms with Crippen LogP contribution in [0.5, 0.6) is 0 Å². The van der Waals surface area contributed by atoms with Crippen LogP contribution in [-0.2, 0) is 4.74 Å². The average molecular weight is 279 g/mol. The SMILES string of the molecule is CCCNc1cc(NCC2(C)CCOCC2)nc(N)n1. The quantitative estimate of drug-likeness (QED) is 0.739. The van der Waals surface area contributed by atoms with Gasteiger partial charge in [-0.1, -0.05) is 13.8 Å². The van der Waals surface area contributed by atoms with Crippen LogP contribution in [0.4, 0.5) is 17.6 Å². The number of nitrogens with two attached hydrogens (primary N) is 1. The molecule has 0 amide bonds. The third-order valence-electron chi connectivity index (χ3n) is 3.70. The minimum Gasteiger partial charge on any atom is -0.381 e. The molecule has 4 N–H and O–H groups in total. The highest BCUT2D eigenvalue weighted by atomic mass is 16.5. The summed E-state index contributed by atoms with van der Waals surface area (Å²) in [4.78, 5) is 8.42. The summed E-state index contributed by atoms with van der Waals surface area (Å²) in [6.07, 6.45) is 3.19. The number of rotatable bonds is 6. The maximum Gasteiger partial charge on any atom is 0.223 e. The molecule has 1 aromatic rings. The Morgan fingerprint density at radius 1 is 1.25 bits per heavy atom. The summed E-state index contributed by atoms with van der Waals surface area (Å²) in [7, 11) is 0. The van der Waals surface area contributed by atoms with E-state index in [0.717, 1.165) is 57.2 Å². The Labute approximate surface area is 120 Å². The van der Waals surface area contributed by atoms with E-state index in [2.05, 4.69) is 34.4 Å². The molecule has 0 unspecified atom stereocenters. The summed E-state index contributed by atoms with van der Waals surface area (Å²) < 4.78 is 5.42. The summed E-state index contributed by atoms with van der Waals surface area (Å²) in [5.74, 6) is 1.86. The van der Waals surface area contributed by atoms with E-state index in [1.165, 1.54) is 0 Å². The molecule has 2 heterocycles. The van der Waals surface area contributed by atoms with Gasteiger partial charge in [0.1, 0.15) is 11.6 Å². The molecule has 6 heteroatoms. The van der Waals surface area contributed by atoms with Gasteiger partial charge in [0.05, 0.1) is 0 Å². The first-order valence-electron chi connectivity index (χ1n) is 7.31. The number of anilines is 3. The van der Waals surface area contributed by atoms with E-state index in [9.17, 15) is 0 Å². The van der Waals surface area contributed by atoms with E-state index in [1.54, 1.807) is 0 Å². The van der Waals surface area contributed by atoms with Crippen molar-refractivity contribution < 1.29 is 4.74 Å². The van der Waals surface area contributed by atoms with Crippen molar-refractivity contribution in [1.82, 2.24) is 9.97 Å². The fourth-order valence-electron chi connectivity index (χ4n) is 2.24. The van der Waals surface area contributed by atoms with Crippen molar-refractivity contribution in [3.05, 3.63) is 6.07 Å². The first-order valence-corrected chi connectivity index (χ1v) is 7.31. The maximum atomic E-state index is 5.75. The molecule has 1 fully saturated rings. The van der Waals surface area contributed by atoms with Crippen LogP contribution in [0.25, 0.3) is 0 Å². The highest BCUT2D eigenvalue weighted by Crippen LogP contribution is 2.29. The second-order valence-electron chi connectivity index (χ2n) is 5.70. The lowest BCUT2D eigenvalue weighted by atomic mass is 9.82. The molecule has 1 aliphatic rings. The predicted molar refractivity (Wildman–Crippen MR) is 81.9 cm³/mol. The van der Waals surface area contributed by atoms with Gasteiger partial charge in [-0.3, -0.25) is 0 Å². The van der Waals surface area contributed by atoms with Gasteiger partial charge in [-0.05, 0) is 24.7 Å². The van der Waals surface area contributed by atoms with E-state index >= 15 is 0 Å². The molecule has 1 saturated heterocycles. The lowest BCUT2D eigenvalue weighted by Gasteiger charge is -2.33. The first-order chi connectivity index (χ1) is 9.61. The molecule has 2 rings (SSSR count). The Balaban J connectivity index is 1.96. The van der Waals surface area contributed by atoms with Crippen molar-refractivity contribution in [3.63, 3.8) is 0 Å². The third kappa shape index (κ3) is 4.23. The number of hydrogen-bond acceptors (Lipinski definition) is 6. The summed E-state index contributed by atoms with van der Waals surface area (Å²) in [6.45, 7) is 7.83. The molecule has 0 saturated carbocycles. The van der Waals surface area contributed by atoms with E-state index in [-0.39, 0.29) is 5.41 Å². The standard InChI is InChI=1S/C14H25N5O/c1-3-6-16-11-9-12(19-13(15)18-11)17-10-14(2)4-7-20-8-5-14/h9H,3-8,10H2,1-2H3,(H4,15,16,17,18,19). The van der Waals surface area contributed by atoms with Crippen molar-refractivity contribution in [2.75, 3.05) is 42.7 Å². The largest absolute Gasteiger partial charge is 0.381 e. The summed E-state index contributed by atoms with van der Waals surface area (Å²) >= 11 is 0. The van der Waals surface area contributed by atoms with Crippen LogP contribution in [0.1, 0.15) is 33.1 Å². The van der Waals surface area contributed by atoms with Crippen molar-refractivity contribution in [3.8, 4) is 0 Å². The van der Waals surface area contributed by atoms with E-state index in [0.29, 0.717) is 5.95 Å². The van der Waals surface area contributed by atoms with E-state index in [4.69, 9.17) is 10.5 Å². The molecular weight excluding hydrogens is 254 g/mol. The smallest absolute Gasteiger partial charge is 0.223 e. The lowest BCUT2D eigenvalue weighted by molar-refractivity contribution is 0.0300. The van der Waals surface area contributed by atoms with E-state index < -0.39 is 0 Å². The van der Waals surface area contributed by atoms with Crippen LogP contribution in [-0.4, -0.2) is 36.3 Å². The number of ether oxygens (including phenoxy) is 1. The maximum absolute atomic E-state index is 5.75. The van der Waals surface area contributed by atoms with Crippen LogP contribution in [0.3, 0.4) is 0 Å². The number of hydrogen-bond donors (Lipinski definition) is 3. The molecule has 1 aromatic heterocycles. The Morgan fingerprint density at radius 3 is 2.55 bits per heavy atom. The van der Waals surface area contributed by atoms with E-state index in [1.807, 2.05) is 6.07 Å². The molecule has 1 aliphatic heterocycles. The van der Waals surface area contributed by atoms with Gasteiger partial charge in [-0.25, -0.2) is 0 Å². The zero-order valence-corrected chi connectivity index (χ0v) is 12.4. The topological polar surface area (TPSA) is 85.1 Å². The van der Waals surface area contributed by atoms with Gasteiger partial charge in [0.15, 0.2) is 0 Å². The zero-order valence-electron chi connectivity index (χ0n) is 12.4. The second kappa shape index (κ2) is 6.74. The molecule has 20 heavy (non-hydrogen) atoms. The van der Waals surface area contributed by atoms with Crippen molar-refractivity contribution in [1.29, 1.82) is 0 Å². The van der Waals surface area contributed by atoms with Gasteiger partial charge in [0.2, 0.25) is 5.95 Å². The number of aromatic nitrogens is 2. The van der Waals surface area contributed by atoms with Gasteiger partial charge in [-0.15, -0.1) is 0 Å². The van der Waals surface area contributed by atoms with Crippen LogP contribution >= 0.6 is 0 Å². The monoisotopic (exact) mass is 279 g/mol. The molecule has 0 atom stereocenters. The van der Waals surface area contributed by atoms with Gasteiger partial charge in [-0.2, -0.15) is 9.97 Å².